The standard InChI is InChI=1S/C13H17N3OS/c1-10(13(17)14-6-7-18)9-16-12-5-3-2-4-11(12)8-15-16/h2-5,8,10,18H,6-7,9H2,1H3,(H,14,17). The Balaban J connectivity index is 2.07. The normalized spacial score (nSPS) is 12.6. The summed E-state index contributed by atoms with van der Waals surface area (Å²) in [6.07, 6.45) is 1.83. The third-order valence-electron chi connectivity index (χ3n) is 2.86. The third kappa shape index (κ3) is 2.85. The molecule has 1 aromatic heterocycles. The van der Waals surface area contributed by atoms with Crippen LogP contribution in [-0.2, 0) is 11.3 Å². The van der Waals surface area contributed by atoms with Crippen molar-refractivity contribution >= 4 is 29.4 Å². The van der Waals surface area contributed by atoms with Gasteiger partial charge in [-0.1, -0.05) is 25.1 Å². The second-order valence-corrected chi connectivity index (χ2v) is 4.75. The molecule has 1 aromatic carbocycles. The van der Waals surface area contributed by atoms with Gasteiger partial charge in [0.1, 0.15) is 0 Å². The fourth-order valence-electron chi connectivity index (χ4n) is 1.87. The summed E-state index contributed by atoms with van der Waals surface area (Å²) < 4.78 is 1.88. The molecule has 1 heterocycles. The first-order valence-electron chi connectivity index (χ1n) is 6.01. The molecule has 0 aliphatic carbocycles. The van der Waals surface area contributed by atoms with E-state index in [4.69, 9.17) is 0 Å². The largest absolute Gasteiger partial charge is 0.355 e. The number of aromatic nitrogens is 2. The Hall–Kier alpha value is -1.49. The topological polar surface area (TPSA) is 46.9 Å². The molecule has 1 N–H and O–H groups in total. The number of rotatable bonds is 5. The van der Waals surface area contributed by atoms with Crippen LogP contribution in [0.3, 0.4) is 0 Å². The lowest BCUT2D eigenvalue weighted by Gasteiger charge is -2.12. The lowest BCUT2D eigenvalue weighted by molar-refractivity contribution is -0.124. The molecule has 0 radical (unpaired) electrons. The van der Waals surface area contributed by atoms with Crippen molar-refractivity contribution in [1.29, 1.82) is 0 Å². The number of para-hydroxylation sites is 1. The Morgan fingerprint density at radius 1 is 1.50 bits per heavy atom. The SMILES string of the molecule is CC(Cn1ncc2ccccc21)C(=O)NCCS. The summed E-state index contributed by atoms with van der Waals surface area (Å²) in [6, 6.07) is 7.99. The second-order valence-electron chi connectivity index (χ2n) is 4.30. The van der Waals surface area contributed by atoms with Gasteiger partial charge in [-0.3, -0.25) is 9.48 Å². The van der Waals surface area contributed by atoms with E-state index in [0.717, 1.165) is 10.9 Å². The molecule has 4 nitrogen and oxygen atoms in total. The number of fused-ring (bicyclic) bond motifs is 1. The Bertz CT molecular complexity index is 538. The second kappa shape index (κ2) is 5.91. The van der Waals surface area contributed by atoms with Crippen molar-refractivity contribution in [3.8, 4) is 0 Å². The Morgan fingerprint density at radius 3 is 3.06 bits per heavy atom. The lowest BCUT2D eigenvalue weighted by Crippen LogP contribution is -2.32. The zero-order valence-corrected chi connectivity index (χ0v) is 11.2. The summed E-state index contributed by atoms with van der Waals surface area (Å²) in [4.78, 5) is 11.8. The lowest BCUT2D eigenvalue weighted by atomic mass is 10.1. The molecule has 1 amide bonds. The van der Waals surface area contributed by atoms with Gasteiger partial charge in [0.2, 0.25) is 5.91 Å². The number of hydrogen-bond acceptors (Lipinski definition) is 3. The molecule has 0 spiro atoms. The van der Waals surface area contributed by atoms with E-state index in [1.807, 2.05) is 42.1 Å². The maximum Gasteiger partial charge on any atom is 0.224 e. The predicted molar refractivity (Wildman–Crippen MR) is 75.8 cm³/mol. The zero-order valence-electron chi connectivity index (χ0n) is 10.3. The number of carbonyl (C=O) groups is 1. The van der Waals surface area contributed by atoms with E-state index in [1.54, 1.807) is 0 Å². The van der Waals surface area contributed by atoms with Gasteiger partial charge in [-0.05, 0) is 6.07 Å². The van der Waals surface area contributed by atoms with Crippen LogP contribution in [0.1, 0.15) is 6.92 Å². The van der Waals surface area contributed by atoms with Crippen LogP contribution >= 0.6 is 12.6 Å². The summed E-state index contributed by atoms with van der Waals surface area (Å²) in [7, 11) is 0. The van der Waals surface area contributed by atoms with Crippen LogP contribution in [0.15, 0.2) is 30.5 Å². The van der Waals surface area contributed by atoms with Gasteiger partial charge < -0.3 is 5.32 Å². The molecule has 2 aromatic rings. The van der Waals surface area contributed by atoms with Gasteiger partial charge in [0.05, 0.1) is 24.2 Å². The highest BCUT2D eigenvalue weighted by Gasteiger charge is 2.14. The van der Waals surface area contributed by atoms with Crippen molar-refractivity contribution in [1.82, 2.24) is 15.1 Å². The van der Waals surface area contributed by atoms with Crippen molar-refractivity contribution in [3.63, 3.8) is 0 Å². The molecule has 0 saturated carbocycles. The van der Waals surface area contributed by atoms with E-state index in [0.29, 0.717) is 18.8 Å². The first-order chi connectivity index (χ1) is 8.72. The van der Waals surface area contributed by atoms with Gasteiger partial charge in [0.25, 0.3) is 0 Å². The van der Waals surface area contributed by atoms with Gasteiger partial charge in [-0.25, -0.2) is 0 Å². The van der Waals surface area contributed by atoms with Crippen LogP contribution in [0.25, 0.3) is 10.9 Å². The van der Waals surface area contributed by atoms with E-state index in [2.05, 4.69) is 23.0 Å². The first-order valence-corrected chi connectivity index (χ1v) is 6.64. The van der Waals surface area contributed by atoms with Crippen molar-refractivity contribution in [2.45, 2.75) is 13.5 Å². The predicted octanol–water partition coefficient (Wildman–Crippen LogP) is 1.72. The molecule has 0 aliphatic rings. The van der Waals surface area contributed by atoms with E-state index >= 15 is 0 Å². The molecule has 2 rings (SSSR count). The highest BCUT2D eigenvalue weighted by molar-refractivity contribution is 7.80. The fraction of sp³-hybridized carbons (Fsp3) is 0.385. The van der Waals surface area contributed by atoms with Crippen molar-refractivity contribution in [3.05, 3.63) is 30.5 Å². The highest BCUT2D eigenvalue weighted by Crippen LogP contribution is 2.14. The van der Waals surface area contributed by atoms with Crippen molar-refractivity contribution in [2.24, 2.45) is 5.92 Å². The summed E-state index contributed by atoms with van der Waals surface area (Å²) in [6.45, 7) is 3.10. The fourth-order valence-corrected chi connectivity index (χ4v) is 1.98. The van der Waals surface area contributed by atoms with E-state index in [1.165, 1.54) is 0 Å². The van der Waals surface area contributed by atoms with E-state index in [9.17, 15) is 4.79 Å². The van der Waals surface area contributed by atoms with Gasteiger partial charge >= 0.3 is 0 Å². The Labute approximate surface area is 112 Å². The molecule has 1 atom stereocenters. The number of nitrogens with one attached hydrogen (secondary N) is 1. The number of hydrogen-bond donors (Lipinski definition) is 2. The van der Waals surface area contributed by atoms with Gasteiger partial charge in [0, 0.05) is 17.7 Å². The summed E-state index contributed by atoms with van der Waals surface area (Å²) in [5.74, 6) is 0.597. The van der Waals surface area contributed by atoms with E-state index in [-0.39, 0.29) is 11.8 Å². The van der Waals surface area contributed by atoms with Crippen LogP contribution < -0.4 is 5.32 Å². The Morgan fingerprint density at radius 2 is 2.28 bits per heavy atom. The average Bonchev–Trinajstić information content (AvgIpc) is 2.79. The van der Waals surface area contributed by atoms with Gasteiger partial charge in [-0.2, -0.15) is 17.7 Å². The third-order valence-corrected chi connectivity index (χ3v) is 3.08. The average molecular weight is 263 g/mol. The number of nitrogens with zero attached hydrogens (tertiary/aromatic N) is 2. The smallest absolute Gasteiger partial charge is 0.224 e. The molecule has 18 heavy (non-hydrogen) atoms. The summed E-state index contributed by atoms with van der Waals surface area (Å²) in [5.41, 5.74) is 1.06. The molecule has 96 valence electrons. The minimum Gasteiger partial charge on any atom is -0.355 e. The number of carbonyl (C=O) groups excluding carboxylic acids is 1. The molecule has 0 aliphatic heterocycles. The number of amides is 1. The van der Waals surface area contributed by atoms with Crippen LogP contribution in [-0.4, -0.2) is 28.0 Å². The van der Waals surface area contributed by atoms with E-state index < -0.39 is 0 Å². The monoisotopic (exact) mass is 263 g/mol. The highest BCUT2D eigenvalue weighted by atomic mass is 32.1. The molecule has 0 saturated heterocycles. The van der Waals surface area contributed by atoms with Crippen LogP contribution in [0.2, 0.25) is 0 Å². The van der Waals surface area contributed by atoms with Crippen molar-refractivity contribution < 1.29 is 4.79 Å². The molecule has 1 unspecified atom stereocenters. The minimum absolute atomic E-state index is 0.0450. The van der Waals surface area contributed by atoms with Crippen LogP contribution in [0.4, 0.5) is 0 Å². The molecule has 0 fully saturated rings. The first kappa shape index (κ1) is 13.0. The van der Waals surface area contributed by atoms with Gasteiger partial charge in [-0.15, -0.1) is 0 Å². The zero-order chi connectivity index (χ0) is 13.0. The van der Waals surface area contributed by atoms with Crippen molar-refractivity contribution in [2.75, 3.05) is 12.3 Å². The molecular formula is C13H17N3OS. The minimum atomic E-state index is -0.104. The Kier molecular flexibility index (Phi) is 4.25. The van der Waals surface area contributed by atoms with Crippen LogP contribution in [0, 0.1) is 5.92 Å². The summed E-state index contributed by atoms with van der Waals surface area (Å²) >= 11 is 4.07. The van der Waals surface area contributed by atoms with Crippen LogP contribution in [0.5, 0.6) is 0 Å². The molecular weight excluding hydrogens is 246 g/mol. The number of benzene rings is 1. The van der Waals surface area contributed by atoms with Gasteiger partial charge in [0.15, 0.2) is 0 Å². The molecule has 5 heteroatoms. The number of thiol groups is 1. The summed E-state index contributed by atoms with van der Waals surface area (Å²) in [5, 5.41) is 8.25. The maximum atomic E-state index is 11.8. The quantitative estimate of drug-likeness (QED) is 0.807. The molecule has 0 bridgehead atoms. The maximum absolute atomic E-state index is 11.8.